The standard InChI is InChI=1S/C32H32O13S/c1-37-19-6-13(7-20(38-2)25(19)33)23-14-8-17-18(42-12-41-17)9-15(14)28(16-10-39-30(36)24(16)23)44-32-27(35)26(34)29-21(43-32)11-40-31(45-29)22-4-3-5-46-22/h3-9,16,21,23-24,26-29,31-35H,10-12H2,1-2H3/t16-,21+,23?,24?,26+,27+,28+,29+,31+,32-/m0/s1. The van der Waals surface area contributed by atoms with Crippen LogP contribution in [0.5, 0.6) is 28.7 Å². The molecule has 8 rings (SSSR count). The highest BCUT2D eigenvalue weighted by molar-refractivity contribution is 7.10. The van der Waals surface area contributed by atoms with Gasteiger partial charge in [0.15, 0.2) is 35.6 Å². The molecule has 0 amide bonds. The minimum Gasteiger partial charge on any atom is -0.502 e. The molecule has 13 nitrogen and oxygen atoms in total. The van der Waals surface area contributed by atoms with Crippen molar-refractivity contribution >= 4 is 17.3 Å². The molecule has 3 saturated heterocycles. The molecule has 244 valence electrons. The van der Waals surface area contributed by atoms with Gasteiger partial charge in [0, 0.05) is 11.8 Å². The Morgan fingerprint density at radius 3 is 2.35 bits per heavy atom. The maximum absolute atomic E-state index is 13.5. The van der Waals surface area contributed by atoms with Crippen LogP contribution < -0.4 is 18.9 Å². The molecule has 4 aliphatic heterocycles. The summed E-state index contributed by atoms with van der Waals surface area (Å²) in [6.45, 7) is 0.171. The van der Waals surface area contributed by atoms with Crippen LogP contribution in [0.2, 0.25) is 0 Å². The lowest BCUT2D eigenvalue weighted by Gasteiger charge is -2.48. The quantitative estimate of drug-likeness (QED) is 0.333. The van der Waals surface area contributed by atoms with E-state index in [9.17, 15) is 20.1 Å². The summed E-state index contributed by atoms with van der Waals surface area (Å²) < 4.78 is 52.6. The van der Waals surface area contributed by atoms with Crippen molar-refractivity contribution in [2.45, 2.75) is 49.0 Å². The summed E-state index contributed by atoms with van der Waals surface area (Å²) in [4.78, 5) is 14.3. The van der Waals surface area contributed by atoms with E-state index in [2.05, 4.69) is 0 Å². The van der Waals surface area contributed by atoms with Gasteiger partial charge in [0.1, 0.15) is 24.4 Å². The highest BCUT2D eigenvalue weighted by atomic mass is 32.1. The van der Waals surface area contributed by atoms with Crippen LogP contribution >= 0.6 is 11.3 Å². The second-order valence-corrected chi connectivity index (χ2v) is 12.7. The number of fused-ring (bicyclic) bond motifs is 4. The third-order valence-electron chi connectivity index (χ3n) is 9.37. The first kappa shape index (κ1) is 29.8. The van der Waals surface area contributed by atoms with Gasteiger partial charge >= 0.3 is 5.97 Å². The Balaban J connectivity index is 1.16. The smallest absolute Gasteiger partial charge is 0.310 e. The molecule has 14 heteroatoms. The second-order valence-electron chi connectivity index (χ2n) is 11.8. The first-order valence-electron chi connectivity index (χ1n) is 14.9. The number of carbonyl (C=O) groups is 1. The second kappa shape index (κ2) is 11.6. The highest BCUT2D eigenvalue weighted by Crippen LogP contribution is 2.57. The number of benzene rings is 2. The van der Waals surface area contributed by atoms with E-state index in [0.717, 1.165) is 4.88 Å². The number of aliphatic hydroxyl groups excluding tert-OH is 2. The number of aliphatic hydroxyl groups is 2. The fraction of sp³-hybridized carbons (Fsp3) is 0.469. The maximum Gasteiger partial charge on any atom is 0.310 e. The summed E-state index contributed by atoms with van der Waals surface area (Å²) in [7, 11) is 2.86. The number of cyclic esters (lactones) is 1. The molecule has 1 aromatic heterocycles. The van der Waals surface area contributed by atoms with Gasteiger partial charge in [-0.25, -0.2) is 0 Å². The van der Waals surface area contributed by atoms with Crippen LogP contribution in [0, 0.1) is 11.8 Å². The first-order valence-corrected chi connectivity index (χ1v) is 15.8. The zero-order valence-corrected chi connectivity index (χ0v) is 25.6. The Kier molecular flexibility index (Phi) is 7.48. The number of esters is 1. The van der Waals surface area contributed by atoms with Gasteiger partial charge in [-0.05, 0) is 52.4 Å². The SMILES string of the molecule is COc1cc(C2c3cc4c(cc3[C@@H](O[C@@H]3O[C@@H]5CO[C@@H](c6cccs6)O[C@H]5[C@H](O)[C@H]3O)[C@H]3COC(=O)C23)OCO4)cc(OC)c1O. The van der Waals surface area contributed by atoms with Gasteiger partial charge in [-0.2, -0.15) is 0 Å². The number of phenolic OH excluding ortho intramolecular Hbond substituents is 1. The molecule has 3 fully saturated rings. The molecule has 5 heterocycles. The minimum atomic E-state index is -1.47. The van der Waals surface area contributed by atoms with Crippen LogP contribution in [0.15, 0.2) is 41.8 Å². The zero-order valence-electron chi connectivity index (χ0n) is 24.8. The molecular formula is C32H32O13S. The monoisotopic (exact) mass is 656 g/mol. The maximum atomic E-state index is 13.5. The Hall–Kier alpha value is -3.63. The summed E-state index contributed by atoms with van der Waals surface area (Å²) in [6, 6.07) is 10.7. The Bertz CT molecular complexity index is 1600. The molecular weight excluding hydrogens is 624 g/mol. The van der Waals surface area contributed by atoms with Gasteiger partial charge in [-0.3, -0.25) is 4.79 Å². The number of phenols is 1. The molecule has 0 spiro atoms. The predicted octanol–water partition coefficient (Wildman–Crippen LogP) is 2.75. The molecule has 0 radical (unpaired) electrons. The number of methoxy groups -OCH3 is 2. The third kappa shape index (κ3) is 4.70. The number of thiophene rings is 1. The zero-order chi connectivity index (χ0) is 31.7. The summed E-state index contributed by atoms with van der Waals surface area (Å²) in [5.41, 5.74) is 2.00. The third-order valence-corrected chi connectivity index (χ3v) is 10.3. The van der Waals surface area contributed by atoms with E-state index in [4.69, 9.17) is 42.6 Å². The Labute approximate surface area is 267 Å². The number of ether oxygens (including phenoxy) is 9. The largest absolute Gasteiger partial charge is 0.502 e. The average molecular weight is 657 g/mol. The lowest BCUT2D eigenvalue weighted by molar-refractivity contribution is -0.368. The predicted molar refractivity (Wildman–Crippen MR) is 156 cm³/mol. The average Bonchev–Trinajstić information content (AvgIpc) is 3.85. The van der Waals surface area contributed by atoms with Crippen molar-refractivity contribution in [3.05, 3.63) is 63.3 Å². The molecule has 0 bridgehead atoms. The topological polar surface area (TPSA) is 161 Å². The van der Waals surface area contributed by atoms with Crippen molar-refractivity contribution in [2.24, 2.45) is 11.8 Å². The normalized spacial score (nSPS) is 34.3. The molecule has 0 saturated carbocycles. The van der Waals surface area contributed by atoms with Crippen LogP contribution in [0.4, 0.5) is 0 Å². The van der Waals surface area contributed by atoms with Crippen LogP contribution in [-0.4, -0.2) is 86.2 Å². The lowest BCUT2D eigenvalue weighted by Crippen LogP contribution is -2.62. The van der Waals surface area contributed by atoms with E-state index in [1.54, 1.807) is 18.2 Å². The molecule has 5 aliphatic rings. The van der Waals surface area contributed by atoms with Crippen LogP contribution in [0.1, 0.15) is 39.9 Å². The molecule has 2 unspecified atom stereocenters. The van der Waals surface area contributed by atoms with Gasteiger partial charge in [0.2, 0.25) is 12.5 Å². The van der Waals surface area contributed by atoms with Gasteiger partial charge in [-0.1, -0.05) is 6.07 Å². The molecule has 10 atom stereocenters. The summed E-state index contributed by atoms with van der Waals surface area (Å²) in [6.07, 6.45) is -7.16. The molecule has 3 aromatic rings. The molecule has 3 N–H and O–H groups in total. The number of carbonyl (C=O) groups excluding carboxylic acids is 1. The van der Waals surface area contributed by atoms with Crippen molar-refractivity contribution in [2.75, 3.05) is 34.2 Å². The number of aromatic hydroxyl groups is 1. The van der Waals surface area contributed by atoms with Crippen molar-refractivity contribution in [1.29, 1.82) is 0 Å². The van der Waals surface area contributed by atoms with Gasteiger partial charge < -0.3 is 58.0 Å². The van der Waals surface area contributed by atoms with Crippen LogP contribution in [-0.2, 0) is 28.5 Å². The molecule has 2 aromatic carbocycles. The van der Waals surface area contributed by atoms with E-state index in [1.807, 2.05) is 23.6 Å². The highest BCUT2D eigenvalue weighted by Gasteiger charge is 2.56. The lowest BCUT2D eigenvalue weighted by atomic mass is 9.66. The summed E-state index contributed by atoms with van der Waals surface area (Å²) >= 11 is 1.46. The minimum absolute atomic E-state index is 0.0242. The van der Waals surface area contributed by atoms with E-state index >= 15 is 0 Å². The van der Waals surface area contributed by atoms with Crippen molar-refractivity contribution in [1.82, 2.24) is 0 Å². The van der Waals surface area contributed by atoms with Crippen molar-refractivity contribution in [3.63, 3.8) is 0 Å². The number of rotatable bonds is 6. The van der Waals surface area contributed by atoms with Gasteiger partial charge in [0.25, 0.3) is 0 Å². The number of hydrogen-bond donors (Lipinski definition) is 3. The van der Waals surface area contributed by atoms with E-state index < -0.39 is 66.8 Å². The van der Waals surface area contributed by atoms with E-state index in [0.29, 0.717) is 28.2 Å². The molecule has 1 aliphatic carbocycles. The van der Waals surface area contributed by atoms with E-state index in [-0.39, 0.29) is 37.3 Å². The number of hydrogen-bond acceptors (Lipinski definition) is 14. The molecule has 46 heavy (non-hydrogen) atoms. The fourth-order valence-corrected chi connectivity index (χ4v) is 7.89. The fourth-order valence-electron chi connectivity index (χ4n) is 7.18. The van der Waals surface area contributed by atoms with Gasteiger partial charge in [0.05, 0.1) is 44.3 Å². The summed E-state index contributed by atoms with van der Waals surface area (Å²) in [5.74, 6) is -1.08. The summed E-state index contributed by atoms with van der Waals surface area (Å²) in [5, 5.41) is 35.0. The van der Waals surface area contributed by atoms with Crippen LogP contribution in [0.3, 0.4) is 0 Å². The first-order chi connectivity index (χ1) is 22.4. The Morgan fingerprint density at radius 2 is 1.65 bits per heavy atom. The van der Waals surface area contributed by atoms with E-state index in [1.165, 1.54) is 25.6 Å². The van der Waals surface area contributed by atoms with Crippen molar-refractivity contribution < 1.29 is 62.7 Å². The van der Waals surface area contributed by atoms with Crippen molar-refractivity contribution in [3.8, 4) is 28.7 Å². The van der Waals surface area contributed by atoms with Gasteiger partial charge in [-0.15, -0.1) is 11.3 Å². The Morgan fingerprint density at radius 1 is 0.913 bits per heavy atom. The van der Waals surface area contributed by atoms with Crippen LogP contribution in [0.25, 0.3) is 0 Å².